The first-order valence-electron chi connectivity index (χ1n) is 11.4. The van der Waals surface area contributed by atoms with E-state index in [1.807, 2.05) is 0 Å². The molecule has 0 spiro atoms. The fourth-order valence-corrected chi connectivity index (χ4v) is 3.95. The molecule has 3 amide bonds. The number of benzene rings is 1. The number of aliphatic hydroxyl groups is 1. The molecule has 0 aromatic heterocycles. The van der Waals surface area contributed by atoms with E-state index in [9.17, 15) is 31.5 Å². The van der Waals surface area contributed by atoms with Crippen molar-refractivity contribution in [2.75, 3.05) is 18.5 Å². The minimum absolute atomic E-state index is 0.0865. The Morgan fingerprint density at radius 3 is 2.68 bits per heavy atom. The maximum absolute atomic E-state index is 12.6. The topological polar surface area (TPSA) is 118 Å². The van der Waals surface area contributed by atoms with Gasteiger partial charge >= 0.3 is 19.0 Å². The number of urea groups is 1. The molecule has 204 valence electrons. The highest BCUT2D eigenvalue weighted by Gasteiger charge is 2.36. The molecule has 14 heteroatoms. The van der Waals surface area contributed by atoms with Gasteiger partial charge in [-0.2, -0.15) is 8.78 Å². The lowest BCUT2D eigenvalue weighted by atomic mass is 10.0. The molecule has 0 saturated heterocycles. The summed E-state index contributed by atoms with van der Waals surface area (Å²) in [5.74, 6) is -0.748. The van der Waals surface area contributed by atoms with Crippen LogP contribution >= 0.6 is 0 Å². The third-order valence-corrected chi connectivity index (χ3v) is 5.41. The number of nitrogens with one attached hydrogen (secondary N) is 3. The Morgan fingerprint density at radius 2 is 1.97 bits per heavy atom. The molecule has 1 aromatic rings. The van der Waals surface area contributed by atoms with Gasteiger partial charge in [-0.3, -0.25) is 9.53 Å². The van der Waals surface area contributed by atoms with E-state index in [1.54, 1.807) is 0 Å². The molecule has 9 nitrogen and oxygen atoms in total. The number of carbonyl (C=O) groups excluding carboxylic acids is 2. The average molecular weight is 535 g/mol. The van der Waals surface area contributed by atoms with Gasteiger partial charge in [-0.05, 0) is 43.5 Å². The van der Waals surface area contributed by atoms with Crippen molar-refractivity contribution in [3.05, 3.63) is 47.7 Å². The van der Waals surface area contributed by atoms with Crippen molar-refractivity contribution in [3.8, 4) is 5.75 Å². The number of halogens is 5. The van der Waals surface area contributed by atoms with Gasteiger partial charge in [0.1, 0.15) is 17.6 Å². The second-order valence-corrected chi connectivity index (χ2v) is 8.22. The van der Waals surface area contributed by atoms with E-state index in [0.29, 0.717) is 19.3 Å². The molecule has 0 bridgehead atoms. The van der Waals surface area contributed by atoms with Crippen LogP contribution in [0.5, 0.6) is 5.75 Å². The lowest BCUT2D eigenvalue weighted by Gasteiger charge is -2.25. The summed E-state index contributed by atoms with van der Waals surface area (Å²) in [6.07, 6.45) is -3.16. The number of anilines is 1. The Bertz CT molecular complexity index is 1020. The summed E-state index contributed by atoms with van der Waals surface area (Å²) in [5.41, 5.74) is 0.0992. The Labute approximate surface area is 208 Å². The zero-order chi connectivity index (χ0) is 27.0. The van der Waals surface area contributed by atoms with E-state index in [1.165, 1.54) is 30.3 Å². The van der Waals surface area contributed by atoms with E-state index in [-0.39, 0.29) is 48.4 Å². The van der Waals surface area contributed by atoms with Crippen LogP contribution in [0.15, 0.2) is 47.7 Å². The van der Waals surface area contributed by atoms with Crippen LogP contribution in [0.3, 0.4) is 0 Å². The SMILES string of the molecule is O=C(Nc1cccc(OC(F)F)c1)NC1CCC(OC2=CCC(OC(F)(F)F)C=C2C(=O)NCCO)C1. The first-order valence-corrected chi connectivity index (χ1v) is 11.4. The van der Waals surface area contributed by atoms with Gasteiger partial charge in [-0.25, -0.2) is 4.79 Å². The Balaban J connectivity index is 1.55. The van der Waals surface area contributed by atoms with Crippen molar-refractivity contribution in [2.45, 2.75) is 56.9 Å². The highest BCUT2D eigenvalue weighted by Crippen LogP contribution is 2.31. The number of rotatable bonds is 10. The van der Waals surface area contributed by atoms with Gasteiger partial charge < -0.3 is 30.5 Å². The summed E-state index contributed by atoms with van der Waals surface area (Å²) in [7, 11) is 0. The van der Waals surface area contributed by atoms with E-state index in [4.69, 9.17) is 9.84 Å². The largest absolute Gasteiger partial charge is 0.523 e. The van der Waals surface area contributed by atoms with Crippen molar-refractivity contribution >= 4 is 17.6 Å². The molecular weight excluding hydrogens is 509 g/mol. The zero-order valence-electron chi connectivity index (χ0n) is 19.4. The molecule has 37 heavy (non-hydrogen) atoms. The second-order valence-electron chi connectivity index (χ2n) is 8.22. The Morgan fingerprint density at radius 1 is 1.19 bits per heavy atom. The fourth-order valence-electron chi connectivity index (χ4n) is 3.95. The molecule has 2 aliphatic carbocycles. The first kappa shape index (κ1) is 28.2. The van der Waals surface area contributed by atoms with Crippen LogP contribution in [0.25, 0.3) is 0 Å². The minimum atomic E-state index is -4.89. The highest BCUT2D eigenvalue weighted by atomic mass is 19.4. The van der Waals surface area contributed by atoms with Crippen LogP contribution in [0.4, 0.5) is 32.4 Å². The Kier molecular flexibility index (Phi) is 9.69. The number of hydrogen-bond donors (Lipinski definition) is 4. The van der Waals surface area contributed by atoms with Crippen LogP contribution in [-0.2, 0) is 14.3 Å². The van der Waals surface area contributed by atoms with E-state index in [0.717, 1.165) is 6.08 Å². The average Bonchev–Trinajstić information content (AvgIpc) is 3.23. The van der Waals surface area contributed by atoms with Gasteiger partial charge in [0.25, 0.3) is 5.91 Å². The maximum Gasteiger partial charge on any atom is 0.523 e. The number of hydrogen-bond acceptors (Lipinski definition) is 6. The van der Waals surface area contributed by atoms with E-state index < -0.39 is 37.1 Å². The Hall–Kier alpha value is -3.39. The normalized spacial score (nSPS) is 21.6. The molecular formula is C23H26F5N3O6. The predicted molar refractivity (Wildman–Crippen MR) is 120 cm³/mol. The van der Waals surface area contributed by atoms with E-state index >= 15 is 0 Å². The predicted octanol–water partition coefficient (Wildman–Crippen LogP) is 3.57. The quantitative estimate of drug-likeness (QED) is 0.341. The van der Waals surface area contributed by atoms with Crippen LogP contribution in [0.2, 0.25) is 0 Å². The van der Waals surface area contributed by atoms with Crippen LogP contribution in [0.1, 0.15) is 25.7 Å². The monoisotopic (exact) mass is 535 g/mol. The lowest BCUT2D eigenvalue weighted by molar-refractivity contribution is -0.336. The molecule has 2 aliphatic rings. The van der Waals surface area contributed by atoms with Crippen LogP contribution in [0, 0.1) is 0 Å². The molecule has 0 aliphatic heterocycles. The number of carbonyl (C=O) groups is 2. The molecule has 0 radical (unpaired) electrons. The maximum atomic E-state index is 12.6. The van der Waals surface area contributed by atoms with Crippen molar-refractivity contribution in [1.82, 2.24) is 10.6 Å². The van der Waals surface area contributed by atoms with Gasteiger partial charge in [-0.15, -0.1) is 13.2 Å². The summed E-state index contributed by atoms with van der Waals surface area (Å²) < 4.78 is 76.9. The number of ether oxygens (including phenoxy) is 3. The molecule has 0 heterocycles. The summed E-state index contributed by atoms with van der Waals surface area (Å²) >= 11 is 0. The van der Waals surface area contributed by atoms with Gasteiger partial charge in [0.15, 0.2) is 0 Å². The van der Waals surface area contributed by atoms with Crippen molar-refractivity contribution in [1.29, 1.82) is 0 Å². The third kappa shape index (κ3) is 9.21. The first-order chi connectivity index (χ1) is 17.5. The molecule has 3 unspecified atom stereocenters. The van der Waals surface area contributed by atoms with Gasteiger partial charge in [0.2, 0.25) is 0 Å². The van der Waals surface area contributed by atoms with Crippen LogP contribution < -0.4 is 20.7 Å². The summed E-state index contributed by atoms with van der Waals surface area (Å²) in [6, 6.07) is 4.61. The third-order valence-electron chi connectivity index (χ3n) is 5.41. The van der Waals surface area contributed by atoms with Crippen molar-refractivity contribution < 1.29 is 50.9 Å². The van der Waals surface area contributed by atoms with E-state index in [2.05, 4.69) is 25.4 Å². The smallest absolute Gasteiger partial charge is 0.490 e. The standard InChI is InChI=1S/C23H26F5N3O6/c24-21(25)36-15-3-1-2-13(10-15)30-22(34)31-14-4-5-16(11-14)35-19-7-6-17(37-23(26,27)28)12-18(19)20(33)29-8-9-32/h1-3,7,10,12,14,16-17,21,32H,4-6,8-9,11H2,(H,29,33)(H2,30,31,34). The molecule has 1 fully saturated rings. The van der Waals surface area contributed by atoms with Gasteiger partial charge in [0.05, 0.1) is 18.3 Å². The molecule has 1 aromatic carbocycles. The highest BCUT2D eigenvalue weighted by molar-refractivity contribution is 5.97. The van der Waals surface area contributed by atoms with Crippen molar-refractivity contribution in [2.24, 2.45) is 0 Å². The van der Waals surface area contributed by atoms with Crippen LogP contribution in [-0.4, -0.2) is 61.4 Å². The second kappa shape index (κ2) is 12.7. The summed E-state index contributed by atoms with van der Waals surface area (Å²) in [4.78, 5) is 24.8. The van der Waals surface area contributed by atoms with Crippen molar-refractivity contribution in [3.63, 3.8) is 0 Å². The molecule has 4 N–H and O–H groups in total. The fraction of sp³-hybridized carbons (Fsp3) is 0.478. The molecule has 1 saturated carbocycles. The summed E-state index contributed by atoms with van der Waals surface area (Å²) in [6.45, 7) is -3.46. The summed E-state index contributed by atoms with van der Waals surface area (Å²) in [5, 5.41) is 16.6. The van der Waals surface area contributed by atoms with Gasteiger partial charge in [0, 0.05) is 30.8 Å². The number of aliphatic hydroxyl groups excluding tert-OH is 1. The van der Waals surface area contributed by atoms with Gasteiger partial charge in [-0.1, -0.05) is 6.07 Å². The minimum Gasteiger partial charge on any atom is -0.490 e. The number of alkyl halides is 5. The number of amides is 3. The lowest BCUT2D eigenvalue weighted by Crippen LogP contribution is -2.37. The molecule has 3 rings (SSSR count). The zero-order valence-corrected chi connectivity index (χ0v) is 19.4. The molecule has 3 atom stereocenters.